The smallest absolute Gasteiger partial charge is 0.324 e. The third-order valence-corrected chi connectivity index (χ3v) is 2.42. The summed E-state index contributed by atoms with van der Waals surface area (Å²) >= 11 is 0. The van der Waals surface area contributed by atoms with Crippen LogP contribution >= 0.6 is 15.3 Å². The third kappa shape index (κ3) is 31.4. The van der Waals surface area contributed by atoms with E-state index in [-0.39, 0.29) is 16.9 Å². The second-order valence-electron chi connectivity index (χ2n) is 3.86. The minimum atomic E-state index is -3.72. The highest BCUT2D eigenvalue weighted by molar-refractivity contribution is 7.52. The standard InChI is InChI=1S/C4H10FO2P.C4H11O3P.FH/c2*1-4(2)7-8(3,5)6;/h4H,1-3H3;4H,1-3H3,(H,5,6);1H. The van der Waals surface area contributed by atoms with Crippen molar-refractivity contribution in [2.24, 2.45) is 0 Å². The van der Waals surface area contributed by atoms with Crippen LogP contribution in [0, 0.1) is 0 Å². The first-order valence-corrected chi connectivity index (χ1v) is 8.76. The van der Waals surface area contributed by atoms with E-state index in [0.717, 1.165) is 6.66 Å². The monoisotopic (exact) mass is 298 g/mol. The quantitative estimate of drug-likeness (QED) is 0.803. The molecule has 0 aromatic heterocycles. The fourth-order valence-electron chi connectivity index (χ4n) is 0.768. The van der Waals surface area contributed by atoms with Gasteiger partial charge >= 0.3 is 15.3 Å². The molecule has 0 heterocycles. The average molecular weight is 298 g/mol. The first-order valence-electron chi connectivity index (χ1n) is 4.77. The fourth-order valence-corrected chi connectivity index (χ4v) is 2.30. The normalized spacial score (nSPS) is 17.5. The minimum absolute atomic E-state index is 0. The Kier molecular flexibility index (Phi) is 12.1. The molecule has 0 aliphatic rings. The topological polar surface area (TPSA) is 72.8 Å². The van der Waals surface area contributed by atoms with Crippen molar-refractivity contribution in [2.75, 3.05) is 13.3 Å². The Balaban J connectivity index is -0.000000218. The van der Waals surface area contributed by atoms with Crippen LogP contribution in [0.4, 0.5) is 8.90 Å². The zero-order chi connectivity index (χ0) is 13.6. The molecule has 9 heteroatoms. The summed E-state index contributed by atoms with van der Waals surface area (Å²) in [6, 6.07) is 0. The van der Waals surface area contributed by atoms with Crippen molar-refractivity contribution in [1.29, 1.82) is 0 Å². The minimum Gasteiger partial charge on any atom is -0.324 e. The summed E-state index contributed by atoms with van der Waals surface area (Å²) in [6.07, 6.45) is -0.466. The van der Waals surface area contributed by atoms with Crippen molar-refractivity contribution in [3.63, 3.8) is 0 Å². The molecular weight excluding hydrogens is 276 g/mol. The molecule has 0 amide bonds. The van der Waals surface area contributed by atoms with E-state index in [1.165, 1.54) is 6.66 Å². The molecule has 17 heavy (non-hydrogen) atoms. The van der Waals surface area contributed by atoms with E-state index in [1.54, 1.807) is 27.7 Å². The van der Waals surface area contributed by atoms with E-state index in [9.17, 15) is 13.3 Å². The lowest BCUT2D eigenvalue weighted by Crippen LogP contribution is -1.98. The molecule has 0 bridgehead atoms. The molecule has 0 rings (SSSR count). The predicted octanol–water partition coefficient (Wildman–Crippen LogP) is 3.58. The van der Waals surface area contributed by atoms with Crippen LogP contribution in [0.2, 0.25) is 0 Å². The lowest BCUT2D eigenvalue weighted by atomic mass is 10.5. The van der Waals surface area contributed by atoms with E-state index in [2.05, 4.69) is 9.05 Å². The number of rotatable bonds is 4. The molecule has 0 aliphatic carbocycles. The van der Waals surface area contributed by atoms with Gasteiger partial charge in [-0.2, -0.15) is 4.20 Å². The summed E-state index contributed by atoms with van der Waals surface area (Å²) in [5.41, 5.74) is 0. The Labute approximate surface area is 101 Å². The summed E-state index contributed by atoms with van der Waals surface area (Å²) in [5, 5.41) is 0. The first kappa shape index (κ1) is 22.4. The maximum absolute atomic E-state index is 12.0. The van der Waals surface area contributed by atoms with Crippen molar-refractivity contribution in [2.45, 2.75) is 39.9 Å². The molecule has 0 spiro atoms. The molecule has 0 saturated heterocycles. The van der Waals surface area contributed by atoms with Gasteiger partial charge in [0.2, 0.25) is 0 Å². The van der Waals surface area contributed by atoms with Crippen LogP contribution in [0.25, 0.3) is 0 Å². The van der Waals surface area contributed by atoms with E-state index < -0.39 is 15.3 Å². The Morgan fingerprint density at radius 3 is 1.29 bits per heavy atom. The lowest BCUT2D eigenvalue weighted by Gasteiger charge is -2.08. The second-order valence-corrected chi connectivity index (χ2v) is 7.38. The molecule has 5 nitrogen and oxygen atoms in total. The largest absolute Gasteiger partial charge is 0.364 e. The Bertz CT molecular complexity index is 243. The van der Waals surface area contributed by atoms with Gasteiger partial charge in [-0.3, -0.25) is 13.8 Å². The van der Waals surface area contributed by atoms with Gasteiger partial charge in [0.15, 0.2) is 0 Å². The van der Waals surface area contributed by atoms with Gasteiger partial charge in [0, 0.05) is 13.3 Å². The van der Waals surface area contributed by atoms with E-state index in [0.29, 0.717) is 0 Å². The van der Waals surface area contributed by atoms with Gasteiger partial charge in [-0.05, 0) is 27.7 Å². The van der Waals surface area contributed by atoms with Crippen molar-refractivity contribution in [1.82, 2.24) is 0 Å². The highest BCUT2D eigenvalue weighted by Crippen LogP contribution is 2.45. The third-order valence-electron chi connectivity index (χ3n) is 0.806. The molecule has 0 radical (unpaired) electrons. The Hall–Kier alpha value is 0.200. The maximum atomic E-state index is 12.0. The van der Waals surface area contributed by atoms with E-state index in [1.807, 2.05) is 0 Å². The summed E-state index contributed by atoms with van der Waals surface area (Å²) < 4.78 is 41.3. The molecule has 0 fully saturated rings. The zero-order valence-corrected chi connectivity index (χ0v) is 12.7. The van der Waals surface area contributed by atoms with Crippen LogP contribution in [0.5, 0.6) is 0 Å². The number of hydrogen-bond acceptors (Lipinski definition) is 4. The molecule has 108 valence electrons. The molecule has 1 N–H and O–H groups in total. The van der Waals surface area contributed by atoms with Crippen LogP contribution in [0.1, 0.15) is 27.7 Å². The first-order chi connectivity index (χ1) is 6.83. The second kappa shape index (κ2) is 9.17. The molecule has 0 aliphatic heterocycles. The number of halogens is 2. The van der Waals surface area contributed by atoms with Crippen LogP contribution < -0.4 is 0 Å². The zero-order valence-electron chi connectivity index (χ0n) is 10.9. The average Bonchev–Trinajstić information content (AvgIpc) is 1.72. The van der Waals surface area contributed by atoms with Gasteiger partial charge in [-0.15, -0.1) is 0 Å². The van der Waals surface area contributed by atoms with Crippen LogP contribution in [-0.4, -0.2) is 30.4 Å². The molecule has 0 aromatic carbocycles. The summed E-state index contributed by atoms with van der Waals surface area (Å²) in [5.74, 6) is 0. The van der Waals surface area contributed by atoms with Crippen molar-refractivity contribution < 1.29 is 32.0 Å². The Morgan fingerprint density at radius 2 is 1.29 bits per heavy atom. The van der Waals surface area contributed by atoms with Gasteiger partial charge in [0.05, 0.1) is 12.2 Å². The maximum Gasteiger partial charge on any atom is 0.364 e. The van der Waals surface area contributed by atoms with Crippen LogP contribution in [-0.2, 0) is 18.2 Å². The highest BCUT2D eigenvalue weighted by Gasteiger charge is 2.14. The van der Waals surface area contributed by atoms with Crippen LogP contribution in [0.3, 0.4) is 0 Å². The van der Waals surface area contributed by atoms with Gasteiger partial charge in [0.1, 0.15) is 0 Å². The summed E-state index contributed by atoms with van der Waals surface area (Å²) in [7, 11) is -6.94. The SMILES string of the molecule is CC(C)OP(C)(=O)F.CC(C)OP(C)(=O)O.F. The lowest BCUT2D eigenvalue weighted by molar-refractivity contribution is 0.208. The molecule has 2 atom stereocenters. The van der Waals surface area contributed by atoms with Gasteiger partial charge in [0.25, 0.3) is 0 Å². The predicted molar refractivity (Wildman–Crippen MR) is 65.3 cm³/mol. The van der Waals surface area contributed by atoms with Crippen molar-refractivity contribution >= 4 is 15.3 Å². The van der Waals surface area contributed by atoms with Gasteiger partial charge in [-0.1, -0.05) is 0 Å². The summed E-state index contributed by atoms with van der Waals surface area (Å²) in [4.78, 5) is 8.52. The fraction of sp³-hybridized carbons (Fsp3) is 1.00. The van der Waals surface area contributed by atoms with Crippen molar-refractivity contribution in [3.8, 4) is 0 Å². The van der Waals surface area contributed by atoms with Gasteiger partial charge < -0.3 is 13.9 Å². The highest BCUT2D eigenvalue weighted by atomic mass is 31.2. The molecule has 0 aromatic rings. The summed E-state index contributed by atoms with van der Waals surface area (Å²) in [6.45, 7) is 8.82. The van der Waals surface area contributed by atoms with E-state index >= 15 is 0 Å². The Morgan fingerprint density at radius 1 is 1.00 bits per heavy atom. The molecule has 2 unspecified atom stereocenters. The van der Waals surface area contributed by atoms with Crippen molar-refractivity contribution in [3.05, 3.63) is 0 Å². The van der Waals surface area contributed by atoms with Crippen LogP contribution in [0.15, 0.2) is 0 Å². The number of hydrogen-bond donors (Lipinski definition) is 1. The molecule has 0 saturated carbocycles. The van der Waals surface area contributed by atoms with E-state index in [4.69, 9.17) is 4.89 Å². The van der Waals surface area contributed by atoms with Gasteiger partial charge in [-0.25, -0.2) is 0 Å². The molecular formula is C8H22F2O5P2.